The molecule has 0 aliphatic heterocycles. The van der Waals surface area contributed by atoms with Crippen LogP contribution in [-0.2, 0) is 0 Å². The van der Waals surface area contributed by atoms with Gasteiger partial charge in [-0.05, 0) is 38.8 Å². The van der Waals surface area contributed by atoms with Gasteiger partial charge in [0.2, 0.25) is 0 Å². The van der Waals surface area contributed by atoms with Crippen molar-refractivity contribution in [2.45, 2.75) is 51.7 Å². The molecule has 0 saturated heterocycles. The van der Waals surface area contributed by atoms with E-state index in [1.807, 2.05) is 12.3 Å². The summed E-state index contributed by atoms with van der Waals surface area (Å²) in [6.45, 7) is 4.97. The first-order valence-electron chi connectivity index (χ1n) is 6.63. The van der Waals surface area contributed by atoms with Gasteiger partial charge in [0.25, 0.3) is 0 Å². The highest BCUT2D eigenvalue weighted by Gasteiger charge is 2.21. The molecule has 3 nitrogen and oxygen atoms in total. The zero-order chi connectivity index (χ0) is 12.3. The molecule has 1 heterocycles. The van der Waals surface area contributed by atoms with Gasteiger partial charge in [-0.2, -0.15) is 0 Å². The van der Waals surface area contributed by atoms with Crippen molar-refractivity contribution < 1.29 is 5.11 Å². The molecule has 0 aromatic carbocycles. The Bertz CT molecular complexity index is 342. The topological polar surface area (TPSA) is 36.4 Å². The Morgan fingerprint density at radius 2 is 2.12 bits per heavy atom. The van der Waals surface area contributed by atoms with Crippen molar-refractivity contribution in [1.82, 2.24) is 4.98 Å². The van der Waals surface area contributed by atoms with Crippen LogP contribution in [0.5, 0.6) is 0 Å². The fraction of sp³-hybridized carbons (Fsp3) is 0.643. The quantitative estimate of drug-likeness (QED) is 0.870. The first kappa shape index (κ1) is 12.4. The molecule has 1 atom stereocenters. The number of pyridine rings is 1. The molecule has 1 saturated carbocycles. The molecule has 2 rings (SSSR count). The molecule has 0 radical (unpaired) electrons. The van der Waals surface area contributed by atoms with Gasteiger partial charge >= 0.3 is 0 Å². The lowest BCUT2D eigenvalue weighted by Crippen LogP contribution is -2.33. The van der Waals surface area contributed by atoms with Crippen LogP contribution in [0, 0.1) is 0 Å². The van der Waals surface area contributed by atoms with Gasteiger partial charge in [0, 0.05) is 12.6 Å². The van der Waals surface area contributed by atoms with Crippen molar-refractivity contribution in [2.75, 3.05) is 11.4 Å². The number of nitrogens with zero attached hydrogens (tertiary/aromatic N) is 2. The highest BCUT2D eigenvalue weighted by molar-refractivity contribution is 5.46. The molecule has 94 valence electrons. The molecule has 1 aliphatic rings. The normalized spacial score (nSPS) is 18.3. The lowest BCUT2D eigenvalue weighted by molar-refractivity contribution is 0.194. The van der Waals surface area contributed by atoms with Crippen LogP contribution >= 0.6 is 0 Å². The molecule has 17 heavy (non-hydrogen) atoms. The summed E-state index contributed by atoms with van der Waals surface area (Å²) in [6.07, 6.45) is 6.70. The number of aromatic nitrogens is 1. The van der Waals surface area contributed by atoms with Gasteiger partial charge in [-0.3, -0.25) is 4.98 Å². The van der Waals surface area contributed by atoms with Gasteiger partial charge in [-0.1, -0.05) is 12.8 Å². The van der Waals surface area contributed by atoms with Gasteiger partial charge in [0.05, 0.1) is 23.7 Å². The maximum Gasteiger partial charge on any atom is 0.0931 e. The van der Waals surface area contributed by atoms with E-state index in [2.05, 4.69) is 22.9 Å². The summed E-state index contributed by atoms with van der Waals surface area (Å²) in [5, 5.41) is 9.45. The van der Waals surface area contributed by atoms with Crippen molar-refractivity contribution in [1.29, 1.82) is 0 Å². The average Bonchev–Trinajstić information content (AvgIpc) is 2.84. The molecule has 3 heteroatoms. The van der Waals surface area contributed by atoms with E-state index in [9.17, 15) is 5.11 Å². The van der Waals surface area contributed by atoms with Crippen molar-refractivity contribution in [2.24, 2.45) is 0 Å². The summed E-state index contributed by atoms with van der Waals surface area (Å²) < 4.78 is 0. The summed E-state index contributed by atoms with van der Waals surface area (Å²) in [5.41, 5.74) is 1.93. The zero-order valence-electron chi connectivity index (χ0n) is 10.8. The van der Waals surface area contributed by atoms with Gasteiger partial charge in [0.1, 0.15) is 0 Å². The number of anilines is 1. The molecule has 0 amide bonds. The smallest absolute Gasteiger partial charge is 0.0931 e. The molecule has 1 fully saturated rings. The van der Waals surface area contributed by atoms with Crippen LogP contribution in [0.1, 0.15) is 51.3 Å². The molecule has 1 aromatic rings. The molecule has 1 aromatic heterocycles. The van der Waals surface area contributed by atoms with E-state index >= 15 is 0 Å². The largest absolute Gasteiger partial charge is 0.387 e. The lowest BCUT2D eigenvalue weighted by atomic mass is 10.2. The number of aliphatic hydroxyl groups excluding tert-OH is 1. The van der Waals surface area contributed by atoms with Crippen LogP contribution in [-0.4, -0.2) is 22.7 Å². The zero-order valence-corrected chi connectivity index (χ0v) is 10.8. The summed E-state index contributed by atoms with van der Waals surface area (Å²) in [4.78, 5) is 6.76. The van der Waals surface area contributed by atoms with E-state index < -0.39 is 6.10 Å². The maximum atomic E-state index is 9.45. The van der Waals surface area contributed by atoms with Crippen LogP contribution in [0.3, 0.4) is 0 Å². The first-order chi connectivity index (χ1) is 8.22. The summed E-state index contributed by atoms with van der Waals surface area (Å²) in [7, 11) is 0. The van der Waals surface area contributed by atoms with E-state index in [1.54, 1.807) is 6.92 Å². The standard InChI is InChI=1S/C14H22N2O/c1-3-16(12-6-4-5-7-12)13-8-9-14(11(2)17)15-10-13/h8-12,17H,3-7H2,1-2H3/t11-/m0/s1. The molecule has 0 bridgehead atoms. The maximum absolute atomic E-state index is 9.45. The van der Waals surface area contributed by atoms with Crippen molar-refractivity contribution in [3.05, 3.63) is 24.0 Å². The monoisotopic (exact) mass is 234 g/mol. The number of hydrogen-bond acceptors (Lipinski definition) is 3. The van der Waals surface area contributed by atoms with Crippen LogP contribution in [0.2, 0.25) is 0 Å². The molecular formula is C14H22N2O. The van der Waals surface area contributed by atoms with E-state index in [4.69, 9.17) is 0 Å². The minimum Gasteiger partial charge on any atom is -0.387 e. The Morgan fingerprint density at radius 3 is 2.59 bits per heavy atom. The lowest BCUT2D eigenvalue weighted by Gasteiger charge is -2.29. The van der Waals surface area contributed by atoms with E-state index in [-0.39, 0.29) is 0 Å². The first-order valence-corrected chi connectivity index (χ1v) is 6.63. The predicted molar refractivity (Wildman–Crippen MR) is 70.1 cm³/mol. The number of rotatable bonds is 4. The second kappa shape index (κ2) is 5.50. The van der Waals surface area contributed by atoms with Crippen LogP contribution in [0.15, 0.2) is 18.3 Å². The summed E-state index contributed by atoms with van der Waals surface area (Å²) in [6, 6.07) is 4.69. The average molecular weight is 234 g/mol. The minimum atomic E-state index is -0.481. The fourth-order valence-electron chi connectivity index (χ4n) is 2.68. The van der Waals surface area contributed by atoms with Gasteiger partial charge < -0.3 is 10.0 Å². The van der Waals surface area contributed by atoms with Gasteiger partial charge in [0.15, 0.2) is 0 Å². The fourth-order valence-corrected chi connectivity index (χ4v) is 2.68. The molecule has 0 unspecified atom stereocenters. The van der Waals surface area contributed by atoms with Crippen LogP contribution in [0.25, 0.3) is 0 Å². The summed E-state index contributed by atoms with van der Waals surface area (Å²) in [5.74, 6) is 0. The SMILES string of the molecule is CCN(c1ccc([C@H](C)O)nc1)C1CCCC1. The Morgan fingerprint density at radius 1 is 1.41 bits per heavy atom. The summed E-state index contributed by atoms with van der Waals surface area (Å²) >= 11 is 0. The van der Waals surface area contributed by atoms with Crippen molar-refractivity contribution >= 4 is 5.69 Å². The van der Waals surface area contributed by atoms with Crippen LogP contribution in [0.4, 0.5) is 5.69 Å². The highest BCUT2D eigenvalue weighted by Crippen LogP contribution is 2.28. The third-order valence-electron chi connectivity index (χ3n) is 3.64. The number of hydrogen-bond donors (Lipinski definition) is 1. The van der Waals surface area contributed by atoms with Gasteiger partial charge in [-0.15, -0.1) is 0 Å². The molecular weight excluding hydrogens is 212 g/mol. The molecule has 0 spiro atoms. The predicted octanol–water partition coefficient (Wildman–Crippen LogP) is 2.90. The van der Waals surface area contributed by atoms with E-state index in [0.717, 1.165) is 12.2 Å². The van der Waals surface area contributed by atoms with Crippen LogP contribution < -0.4 is 4.90 Å². The Labute approximate surface area is 103 Å². The second-order valence-corrected chi connectivity index (χ2v) is 4.84. The third kappa shape index (κ3) is 2.78. The Hall–Kier alpha value is -1.09. The van der Waals surface area contributed by atoms with Crippen molar-refractivity contribution in [3.63, 3.8) is 0 Å². The third-order valence-corrected chi connectivity index (χ3v) is 3.64. The van der Waals surface area contributed by atoms with E-state index in [0.29, 0.717) is 6.04 Å². The highest BCUT2D eigenvalue weighted by atomic mass is 16.3. The molecule has 1 N–H and O–H groups in total. The number of aliphatic hydroxyl groups is 1. The van der Waals surface area contributed by atoms with Gasteiger partial charge in [-0.25, -0.2) is 0 Å². The second-order valence-electron chi connectivity index (χ2n) is 4.84. The Kier molecular flexibility index (Phi) is 4.00. The van der Waals surface area contributed by atoms with E-state index in [1.165, 1.54) is 31.4 Å². The Balaban J connectivity index is 2.13. The van der Waals surface area contributed by atoms with Crippen molar-refractivity contribution in [3.8, 4) is 0 Å². The minimum absolute atomic E-state index is 0.481. The molecule has 1 aliphatic carbocycles.